The van der Waals surface area contributed by atoms with E-state index in [0.29, 0.717) is 15.6 Å². The summed E-state index contributed by atoms with van der Waals surface area (Å²) in [6.45, 7) is 3.34. The number of amides is 1. The minimum absolute atomic E-state index is 0.0416. The van der Waals surface area contributed by atoms with Gasteiger partial charge in [0.2, 0.25) is 0 Å². The van der Waals surface area contributed by atoms with Crippen LogP contribution in [0.3, 0.4) is 0 Å². The molecular formula is C20H20Cl2FNO5. The summed E-state index contributed by atoms with van der Waals surface area (Å²) >= 11 is 11.7. The first-order chi connectivity index (χ1) is 13.7. The molecule has 0 aliphatic rings. The molecule has 1 amide bonds. The Labute approximate surface area is 177 Å². The second kappa shape index (κ2) is 10.4. The van der Waals surface area contributed by atoms with E-state index in [2.05, 4.69) is 5.32 Å². The Morgan fingerprint density at radius 3 is 2.48 bits per heavy atom. The molecule has 0 heterocycles. The van der Waals surface area contributed by atoms with Crippen molar-refractivity contribution in [2.45, 2.75) is 39.1 Å². The van der Waals surface area contributed by atoms with Crippen molar-refractivity contribution in [3.05, 3.63) is 63.4 Å². The van der Waals surface area contributed by atoms with Crippen molar-refractivity contribution in [1.29, 1.82) is 0 Å². The van der Waals surface area contributed by atoms with Gasteiger partial charge in [0.15, 0.2) is 6.10 Å². The maximum atomic E-state index is 14.1. The quantitative estimate of drug-likeness (QED) is 0.577. The smallest absolute Gasteiger partial charge is 0.411 e. The van der Waals surface area contributed by atoms with E-state index in [-0.39, 0.29) is 30.4 Å². The standard InChI is InChI=1S/C20H20Cl2FNO5/c1-11(2)29-18(19(25)26)9-13-8-14(4-6-17(13)23)24-20(27)28-10-12-3-5-15(21)16(22)7-12/h3-8,11,18H,9-10H2,1-2H3,(H,24,27)(H,25,26). The van der Waals surface area contributed by atoms with E-state index in [1.54, 1.807) is 32.0 Å². The van der Waals surface area contributed by atoms with Crippen molar-refractivity contribution >= 4 is 41.0 Å². The van der Waals surface area contributed by atoms with Gasteiger partial charge in [-0.05, 0) is 55.3 Å². The highest BCUT2D eigenvalue weighted by molar-refractivity contribution is 6.42. The molecule has 9 heteroatoms. The van der Waals surface area contributed by atoms with Crippen LogP contribution in [0, 0.1) is 5.82 Å². The van der Waals surface area contributed by atoms with Gasteiger partial charge in [-0.1, -0.05) is 29.3 Å². The fourth-order valence-corrected chi connectivity index (χ4v) is 2.78. The molecule has 2 rings (SSSR count). The van der Waals surface area contributed by atoms with Crippen LogP contribution in [0.4, 0.5) is 14.9 Å². The van der Waals surface area contributed by atoms with Gasteiger partial charge >= 0.3 is 12.1 Å². The van der Waals surface area contributed by atoms with Crippen LogP contribution >= 0.6 is 23.2 Å². The Morgan fingerprint density at radius 1 is 1.14 bits per heavy atom. The molecule has 29 heavy (non-hydrogen) atoms. The SMILES string of the molecule is CC(C)OC(Cc1cc(NC(=O)OCc2ccc(Cl)c(Cl)c2)ccc1F)C(=O)O. The average Bonchev–Trinajstić information content (AvgIpc) is 2.64. The summed E-state index contributed by atoms with van der Waals surface area (Å²) < 4.78 is 24.5. The molecule has 1 atom stereocenters. The highest BCUT2D eigenvalue weighted by Crippen LogP contribution is 2.23. The molecule has 1 unspecified atom stereocenters. The van der Waals surface area contributed by atoms with Crippen LogP contribution in [0.25, 0.3) is 0 Å². The summed E-state index contributed by atoms with van der Waals surface area (Å²) in [7, 11) is 0. The third-order valence-electron chi connectivity index (χ3n) is 3.76. The number of hydrogen-bond donors (Lipinski definition) is 2. The number of halogens is 3. The van der Waals surface area contributed by atoms with Crippen molar-refractivity contribution in [2.75, 3.05) is 5.32 Å². The van der Waals surface area contributed by atoms with Crippen LogP contribution in [-0.4, -0.2) is 29.4 Å². The van der Waals surface area contributed by atoms with Gasteiger partial charge in [-0.2, -0.15) is 0 Å². The van der Waals surface area contributed by atoms with E-state index < -0.39 is 24.0 Å². The van der Waals surface area contributed by atoms with E-state index in [1.165, 1.54) is 12.1 Å². The third-order valence-corrected chi connectivity index (χ3v) is 4.50. The summed E-state index contributed by atoms with van der Waals surface area (Å²) in [5.74, 6) is -1.80. The number of carboxylic acids is 1. The van der Waals surface area contributed by atoms with E-state index in [9.17, 15) is 19.1 Å². The third kappa shape index (κ3) is 7.20. The number of aliphatic carboxylic acids is 1. The first kappa shape index (κ1) is 22.9. The number of anilines is 1. The highest BCUT2D eigenvalue weighted by Gasteiger charge is 2.22. The second-order valence-corrected chi connectivity index (χ2v) is 7.29. The molecule has 0 bridgehead atoms. The fraction of sp³-hybridized carbons (Fsp3) is 0.300. The number of nitrogens with one attached hydrogen (secondary N) is 1. The van der Waals surface area contributed by atoms with Crippen LogP contribution in [0.15, 0.2) is 36.4 Å². The summed E-state index contributed by atoms with van der Waals surface area (Å²) in [4.78, 5) is 23.3. The lowest BCUT2D eigenvalue weighted by Crippen LogP contribution is -2.29. The van der Waals surface area contributed by atoms with Gasteiger partial charge in [0, 0.05) is 12.1 Å². The lowest BCUT2D eigenvalue weighted by molar-refractivity contribution is -0.153. The molecule has 2 N–H and O–H groups in total. The van der Waals surface area contributed by atoms with Crippen molar-refractivity contribution in [2.24, 2.45) is 0 Å². The Balaban J connectivity index is 2.01. The molecule has 156 valence electrons. The van der Waals surface area contributed by atoms with Crippen molar-refractivity contribution in [3.63, 3.8) is 0 Å². The Kier molecular flexibility index (Phi) is 8.25. The molecular weight excluding hydrogens is 424 g/mol. The molecule has 0 saturated heterocycles. The van der Waals surface area contributed by atoms with Gasteiger partial charge in [-0.15, -0.1) is 0 Å². The fourth-order valence-electron chi connectivity index (χ4n) is 2.46. The zero-order chi connectivity index (χ0) is 21.6. The van der Waals surface area contributed by atoms with Gasteiger partial charge < -0.3 is 14.6 Å². The number of carbonyl (C=O) groups excluding carboxylic acids is 1. The summed E-state index contributed by atoms with van der Waals surface area (Å²) in [6, 6.07) is 8.66. The molecule has 2 aromatic carbocycles. The zero-order valence-corrected chi connectivity index (χ0v) is 17.3. The molecule has 0 aliphatic carbocycles. The Bertz CT molecular complexity index is 891. The molecule has 0 aliphatic heterocycles. The zero-order valence-electron chi connectivity index (χ0n) is 15.7. The van der Waals surface area contributed by atoms with Crippen molar-refractivity contribution < 1.29 is 28.6 Å². The average molecular weight is 444 g/mol. The van der Waals surface area contributed by atoms with Gasteiger partial charge in [0.1, 0.15) is 12.4 Å². The number of rotatable bonds is 8. The molecule has 2 aromatic rings. The highest BCUT2D eigenvalue weighted by atomic mass is 35.5. The van der Waals surface area contributed by atoms with Crippen molar-refractivity contribution in [3.8, 4) is 0 Å². The summed E-state index contributed by atoms with van der Waals surface area (Å²) in [5.41, 5.74) is 0.999. The molecule has 0 fully saturated rings. The number of benzene rings is 2. The van der Waals surface area contributed by atoms with Crippen LogP contribution < -0.4 is 5.32 Å². The van der Waals surface area contributed by atoms with Gasteiger partial charge in [-0.25, -0.2) is 14.0 Å². The van der Waals surface area contributed by atoms with Gasteiger partial charge in [0.25, 0.3) is 0 Å². The largest absolute Gasteiger partial charge is 0.479 e. The predicted octanol–water partition coefficient (Wildman–Crippen LogP) is 5.30. The van der Waals surface area contributed by atoms with E-state index in [4.69, 9.17) is 32.7 Å². The lowest BCUT2D eigenvalue weighted by Gasteiger charge is -2.17. The number of hydrogen-bond acceptors (Lipinski definition) is 4. The lowest BCUT2D eigenvalue weighted by atomic mass is 10.1. The van der Waals surface area contributed by atoms with Gasteiger partial charge in [-0.3, -0.25) is 5.32 Å². The molecule has 0 spiro atoms. The van der Waals surface area contributed by atoms with Crippen LogP contribution in [-0.2, 0) is 27.3 Å². The Hall–Kier alpha value is -2.35. The van der Waals surface area contributed by atoms with E-state index >= 15 is 0 Å². The Morgan fingerprint density at radius 2 is 1.86 bits per heavy atom. The summed E-state index contributed by atoms with van der Waals surface area (Å²) in [5, 5.41) is 12.5. The first-order valence-corrected chi connectivity index (χ1v) is 9.45. The normalized spacial score (nSPS) is 11.9. The minimum atomic E-state index is -1.21. The maximum Gasteiger partial charge on any atom is 0.411 e. The van der Waals surface area contributed by atoms with Crippen LogP contribution in [0.1, 0.15) is 25.0 Å². The predicted molar refractivity (Wildman–Crippen MR) is 108 cm³/mol. The first-order valence-electron chi connectivity index (χ1n) is 8.70. The molecule has 0 aromatic heterocycles. The maximum absolute atomic E-state index is 14.1. The van der Waals surface area contributed by atoms with Crippen LogP contribution in [0.5, 0.6) is 0 Å². The van der Waals surface area contributed by atoms with Gasteiger partial charge in [0.05, 0.1) is 16.1 Å². The van der Waals surface area contributed by atoms with E-state index in [0.717, 1.165) is 6.07 Å². The number of carboxylic acid groups (broad SMARTS) is 1. The van der Waals surface area contributed by atoms with E-state index in [1.807, 2.05) is 0 Å². The summed E-state index contributed by atoms with van der Waals surface area (Å²) in [6.07, 6.45) is -2.49. The number of ether oxygens (including phenoxy) is 2. The van der Waals surface area contributed by atoms with Crippen molar-refractivity contribution in [1.82, 2.24) is 0 Å². The topological polar surface area (TPSA) is 84.9 Å². The molecule has 0 radical (unpaired) electrons. The molecule has 0 saturated carbocycles. The monoisotopic (exact) mass is 443 g/mol. The minimum Gasteiger partial charge on any atom is -0.479 e. The second-order valence-electron chi connectivity index (χ2n) is 6.47. The number of carbonyl (C=O) groups is 2. The van der Waals surface area contributed by atoms with Crippen LogP contribution in [0.2, 0.25) is 10.0 Å². The molecule has 6 nitrogen and oxygen atoms in total.